The lowest BCUT2D eigenvalue weighted by atomic mass is 10.0. The van der Waals surface area contributed by atoms with Gasteiger partial charge in [-0.25, -0.2) is 4.98 Å². The van der Waals surface area contributed by atoms with Gasteiger partial charge in [0.1, 0.15) is 5.76 Å². The quantitative estimate of drug-likeness (QED) is 0.887. The van der Waals surface area contributed by atoms with Gasteiger partial charge in [0.15, 0.2) is 0 Å². The molecular formula is C15H22N2O. The van der Waals surface area contributed by atoms with Gasteiger partial charge in [-0.3, -0.25) is 0 Å². The van der Waals surface area contributed by atoms with E-state index in [1.54, 1.807) is 0 Å². The van der Waals surface area contributed by atoms with E-state index in [1.165, 1.54) is 25.0 Å². The molecule has 3 heteroatoms. The van der Waals surface area contributed by atoms with Crippen LogP contribution in [0.15, 0.2) is 10.6 Å². The Morgan fingerprint density at radius 3 is 2.78 bits per heavy atom. The fourth-order valence-corrected chi connectivity index (χ4v) is 4.75. The molecule has 1 aromatic heterocycles. The predicted octanol–water partition coefficient (Wildman–Crippen LogP) is 3.10. The molecule has 3 aliphatic rings. The summed E-state index contributed by atoms with van der Waals surface area (Å²) in [5.74, 6) is 6.64. The van der Waals surface area contributed by atoms with Crippen LogP contribution in [0.25, 0.3) is 0 Å². The summed E-state index contributed by atoms with van der Waals surface area (Å²) >= 11 is 0. The molecule has 5 atom stereocenters. The molecule has 0 aliphatic heterocycles. The Bertz CT molecular complexity index is 439. The fourth-order valence-electron chi connectivity index (χ4n) is 4.75. The van der Waals surface area contributed by atoms with Gasteiger partial charge < -0.3 is 9.73 Å². The first-order valence-electron chi connectivity index (χ1n) is 7.48. The molecule has 3 aliphatic carbocycles. The Kier molecular flexibility index (Phi) is 2.35. The van der Waals surface area contributed by atoms with Crippen LogP contribution in [-0.4, -0.2) is 11.5 Å². The number of oxazole rings is 1. The van der Waals surface area contributed by atoms with Gasteiger partial charge in [-0.15, -0.1) is 0 Å². The molecule has 1 N–H and O–H groups in total. The highest BCUT2D eigenvalue weighted by atomic mass is 16.4. The average Bonchev–Trinajstić information content (AvgIpc) is 2.80. The third-order valence-corrected chi connectivity index (χ3v) is 5.49. The Balaban J connectivity index is 1.51. The highest BCUT2D eigenvalue weighted by Gasteiger charge is 2.66. The van der Waals surface area contributed by atoms with Crippen molar-refractivity contribution in [3.05, 3.63) is 17.8 Å². The van der Waals surface area contributed by atoms with Gasteiger partial charge in [0.2, 0.25) is 5.89 Å². The van der Waals surface area contributed by atoms with Gasteiger partial charge in [-0.1, -0.05) is 6.92 Å². The zero-order valence-corrected chi connectivity index (χ0v) is 11.2. The van der Waals surface area contributed by atoms with Crippen molar-refractivity contribution < 1.29 is 4.42 Å². The minimum Gasteiger partial charge on any atom is -0.444 e. The van der Waals surface area contributed by atoms with Crippen LogP contribution in [-0.2, 0) is 0 Å². The molecule has 0 saturated heterocycles. The first-order valence-corrected chi connectivity index (χ1v) is 7.48. The van der Waals surface area contributed by atoms with Gasteiger partial charge >= 0.3 is 0 Å². The molecule has 3 nitrogen and oxygen atoms in total. The molecule has 98 valence electrons. The van der Waals surface area contributed by atoms with E-state index in [9.17, 15) is 0 Å². The molecule has 3 saturated carbocycles. The van der Waals surface area contributed by atoms with E-state index in [-0.39, 0.29) is 6.04 Å². The zero-order chi connectivity index (χ0) is 12.3. The Morgan fingerprint density at radius 2 is 2.11 bits per heavy atom. The largest absolute Gasteiger partial charge is 0.444 e. The Morgan fingerprint density at radius 1 is 1.39 bits per heavy atom. The second-order valence-electron chi connectivity index (χ2n) is 6.39. The molecule has 5 unspecified atom stereocenters. The van der Waals surface area contributed by atoms with E-state index in [2.05, 4.69) is 24.1 Å². The highest BCUT2D eigenvalue weighted by molar-refractivity contribution is 5.25. The number of hydrogen-bond donors (Lipinski definition) is 1. The molecule has 0 spiro atoms. The summed E-state index contributed by atoms with van der Waals surface area (Å²) in [6.07, 6.45) is 6.43. The van der Waals surface area contributed by atoms with Crippen molar-refractivity contribution in [3.63, 3.8) is 0 Å². The van der Waals surface area contributed by atoms with Gasteiger partial charge in [-0.2, -0.15) is 0 Å². The van der Waals surface area contributed by atoms with Crippen LogP contribution >= 0.6 is 0 Å². The van der Waals surface area contributed by atoms with Crippen LogP contribution in [0.3, 0.4) is 0 Å². The van der Waals surface area contributed by atoms with Crippen molar-refractivity contribution in [1.29, 1.82) is 0 Å². The van der Waals surface area contributed by atoms with E-state index < -0.39 is 0 Å². The summed E-state index contributed by atoms with van der Waals surface area (Å²) in [5, 5.41) is 3.36. The maximum absolute atomic E-state index is 6.01. The summed E-state index contributed by atoms with van der Waals surface area (Å²) < 4.78 is 6.01. The predicted molar refractivity (Wildman–Crippen MR) is 69.1 cm³/mol. The maximum Gasteiger partial charge on any atom is 0.211 e. The van der Waals surface area contributed by atoms with Gasteiger partial charge in [0.05, 0.1) is 12.2 Å². The van der Waals surface area contributed by atoms with Crippen molar-refractivity contribution in [2.75, 3.05) is 6.54 Å². The van der Waals surface area contributed by atoms with Crippen molar-refractivity contribution in [2.45, 2.75) is 45.1 Å². The van der Waals surface area contributed by atoms with Gasteiger partial charge in [0, 0.05) is 5.92 Å². The molecule has 3 fully saturated rings. The topological polar surface area (TPSA) is 38.1 Å². The van der Waals surface area contributed by atoms with Gasteiger partial charge in [0.25, 0.3) is 0 Å². The Hall–Kier alpha value is -0.830. The van der Waals surface area contributed by atoms with Crippen LogP contribution in [0.4, 0.5) is 0 Å². The SMILES string of the molecule is CCNC(C)c1ncc(C2C3C4CCC(C4)C23)o1. The number of nitrogens with one attached hydrogen (secondary N) is 1. The summed E-state index contributed by atoms with van der Waals surface area (Å²) in [4.78, 5) is 4.46. The third kappa shape index (κ3) is 1.43. The summed E-state index contributed by atoms with van der Waals surface area (Å²) in [6, 6.07) is 0.235. The lowest BCUT2D eigenvalue weighted by Gasteiger charge is -2.08. The molecule has 0 aromatic carbocycles. The number of nitrogens with zero attached hydrogens (tertiary/aromatic N) is 1. The van der Waals surface area contributed by atoms with Crippen LogP contribution < -0.4 is 5.32 Å². The van der Waals surface area contributed by atoms with Crippen LogP contribution in [0.2, 0.25) is 0 Å². The van der Waals surface area contributed by atoms with Gasteiger partial charge in [-0.05, 0) is 56.4 Å². The summed E-state index contributed by atoms with van der Waals surface area (Å²) in [6.45, 7) is 5.19. The lowest BCUT2D eigenvalue weighted by Crippen LogP contribution is -2.17. The molecule has 4 rings (SSSR count). The molecule has 1 heterocycles. The van der Waals surface area contributed by atoms with Crippen molar-refractivity contribution in [2.24, 2.45) is 23.7 Å². The number of aromatic nitrogens is 1. The van der Waals surface area contributed by atoms with E-state index in [4.69, 9.17) is 4.42 Å². The fraction of sp³-hybridized carbons (Fsp3) is 0.800. The minimum atomic E-state index is 0.235. The first-order chi connectivity index (χ1) is 8.79. The molecule has 0 amide bonds. The highest BCUT2D eigenvalue weighted by Crippen LogP contribution is 2.73. The van der Waals surface area contributed by atoms with Crippen LogP contribution in [0.1, 0.15) is 56.7 Å². The van der Waals surface area contributed by atoms with Crippen LogP contribution in [0.5, 0.6) is 0 Å². The average molecular weight is 246 g/mol. The Labute approximate surface area is 108 Å². The zero-order valence-electron chi connectivity index (χ0n) is 11.2. The molecule has 0 radical (unpaired) electrons. The number of fused-ring (bicyclic) bond motifs is 5. The number of hydrogen-bond acceptors (Lipinski definition) is 3. The molecule has 18 heavy (non-hydrogen) atoms. The lowest BCUT2D eigenvalue weighted by molar-refractivity contribution is 0.380. The van der Waals surface area contributed by atoms with Crippen molar-refractivity contribution >= 4 is 0 Å². The standard InChI is InChI=1S/C15H22N2O/c1-3-16-8(2)15-17-7-11(18-15)14-12-9-4-5-10(6-9)13(12)14/h7-10,12-14,16H,3-6H2,1-2H3. The van der Waals surface area contributed by atoms with E-state index >= 15 is 0 Å². The third-order valence-electron chi connectivity index (χ3n) is 5.49. The second-order valence-corrected chi connectivity index (χ2v) is 6.39. The van der Waals surface area contributed by atoms with E-state index in [0.717, 1.165) is 36.1 Å². The van der Waals surface area contributed by atoms with E-state index in [0.29, 0.717) is 5.92 Å². The summed E-state index contributed by atoms with van der Waals surface area (Å²) in [5.41, 5.74) is 0. The maximum atomic E-state index is 6.01. The van der Waals surface area contributed by atoms with Crippen LogP contribution in [0, 0.1) is 23.7 Å². The smallest absolute Gasteiger partial charge is 0.211 e. The van der Waals surface area contributed by atoms with Crippen molar-refractivity contribution in [1.82, 2.24) is 10.3 Å². The molecule has 1 aromatic rings. The van der Waals surface area contributed by atoms with E-state index in [1.807, 2.05) is 6.20 Å². The molecular weight excluding hydrogens is 224 g/mol. The molecule has 2 bridgehead atoms. The monoisotopic (exact) mass is 246 g/mol. The van der Waals surface area contributed by atoms with Crippen molar-refractivity contribution in [3.8, 4) is 0 Å². The normalized spacial score (nSPS) is 42.0. The number of rotatable bonds is 4. The second kappa shape index (κ2) is 3.83. The first kappa shape index (κ1) is 11.0. The summed E-state index contributed by atoms with van der Waals surface area (Å²) in [7, 11) is 0. The minimum absolute atomic E-state index is 0.235.